The van der Waals surface area contributed by atoms with Crippen LogP contribution in [0, 0.1) is 29.6 Å². The van der Waals surface area contributed by atoms with Crippen LogP contribution in [0.5, 0.6) is 0 Å². The molecule has 4 rings (SSSR count). The number of carbonyl (C=O) groups is 4. The van der Waals surface area contributed by atoms with Gasteiger partial charge in [0.1, 0.15) is 30.2 Å². The number of ketones is 2. The van der Waals surface area contributed by atoms with Gasteiger partial charge in [0, 0.05) is 39.0 Å². The molecule has 0 aromatic heterocycles. The van der Waals surface area contributed by atoms with Crippen molar-refractivity contribution in [2.45, 2.75) is 174 Å². The molecule has 0 aromatic carbocycles. The molecule has 3 aliphatic heterocycles. The predicted molar refractivity (Wildman–Crippen MR) is 221 cm³/mol. The van der Waals surface area contributed by atoms with E-state index in [4.69, 9.17) is 23.7 Å². The number of aliphatic hydroxyl groups is 2. The zero-order valence-corrected chi connectivity index (χ0v) is 36.9. The van der Waals surface area contributed by atoms with Crippen molar-refractivity contribution >= 4 is 23.4 Å². The summed E-state index contributed by atoms with van der Waals surface area (Å²) in [6.07, 6.45) is 6.46. The fourth-order valence-electron chi connectivity index (χ4n) is 9.52. The van der Waals surface area contributed by atoms with Crippen LogP contribution >= 0.6 is 0 Å². The number of piperidine rings is 1. The normalized spacial score (nSPS) is 40.2. The standard InChI is InChI=1S/C46H72FNO11/c1-10-12-21-57-37-19-17-32(26-36(37)50)22-30(6)41-27(3)16-18-35(49)33(11-2)23-28(4)40(47)29(5)24-38(55-8)42-39(56-9)25-31(7)46(54,59-42)43(51)44(52)48-20-14-13-15-34(48)45(53)58-41/h10,12,22-23,27,29,31-34,36-42,50,54H,11,13-21,24-26H2,1-9H3/b12-10+,28-23+,30-22?. The lowest BCUT2D eigenvalue weighted by atomic mass is 9.81. The molecule has 1 saturated carbocycles. The van der Waals surface area contributed by atoms with E-state index in [-0.39, 0.29) is 56.0 Å². The fraction of sp³-hybridized carbons (Fsp3) is 0.783. The summed E-state index contributed by atoms with van der Waals surface area (Å²) in [5.41, 5.74) is 1.17. The number of fused-ring (bicyclic) bond motifs is 3. The number of carbonyl (C=O) groups excluding carboxylic acids is 4. The first-order valence-corrected chi connectivity index (χ1v) is 22.0. The topological polar surface area (TPSA) is 158 Å². The number of hydrogen-bond acceptors (Lipinski definition) is 11. The number of amides is 1. The van der Waals surface area contributed by atoms with Gasteiger partial charge in [-0.2, -0.15) is 0 Å². The molecule has 2 bridgehead atoms. The van der Waals surface area contributed by atoms with Crippen molar-refractivity contribution in [3.63, 3.8) is 0 Å². The summed E-state index contributed by atoms with van der Waals surface area (Å²) in [4.78, 5) is 57.7. The molecular formula is C46H72FNO11. The molecule has 1 aliphatic carbocycles. The average Bonchev–Trinajstić information content (AvgIpc) is 3.22. The van der Waals surface area contributed by atoms with Crippen LogP contribution in [0.2, 0.25) is 0 Å². The fourth-order valence-corrected chi connectivity index (χ4v) is 9.52. The molecule has 2 saturated heterocycles. The van der Waals surface area contributed by atoms with Crippen LogP contribution in [0.25, 0.3) is 0 Å². The number of hydrogen-bond donors (Lipinski definition) is 2. The van der Waals surface area contributed by atoms with Crippen molar-refractivity contribution in [2.75, 3.05) is 27.4 Å². The Balaban J connectivity index is 1.72. The molecule has 334 valence electrons. The zero-order chi connectivity index (χ0) is 43.6. The van der Waals surface area contributed by atoms with Gasteiger partial charge in [-0.1, -0.05) is 52.0 Å². The molecule has 0 radical (unpaired) electrons. The molecule has 14 unspecified atom stereocenters. The number of methoxy groups -OCH3 is 2. The Morgan fingerprint density at radius 3 is 2.32 bits per heavy atom. The van der Waals surface area contributed by atoms with Crippen LogP contribution in [0.1, 0.15) is 119 Å². The number of aliphatic hydroxyl groups excluding tert-OH is 1. The summed E-state index contributed by atoms with van der Waals surface area (Å²) < 4.78 is 46.2. The second kappa shape index (κ2) is 22.3. The Labute approximate surface area is 351 Å². The first kappa shape index (κ1) is 48.9. The lowest BCUT2D eigenvalue weighted by Gasteiger charge is -2.47. The largest absolute Gasteiger partial charge is 0.456 e. The molecule has 0 aromatic rings. The summed E-state index contributed by atoms with van der Waals surface area (Å²) in [6.45, 7) is 13.1. The predicted octanol–water partition coefficient (Wildman–Crippen LogP) is 6.40. The van der Waals surface area contributed by atoms with Gasteiger partial charge < -0.3 is 38.8 Å². The molecule has 3 heterocycles. The molecule has 14 atom stereocenters. The van der Waals surface area contributed by atoms with Crippen LogP contribution in [0.3, 0.4) is 0 Å². The number of nitrogens with zero attached hydrogens (tertiary/aromatic N) is 1. The third-order valence-corrected chi connectivity index (χ3v) is 13.3. The first-order chi connectivity index (χ1) is 28.0. The average molecular weight is 834 g/mol. The smallest absolute Gasteiger partial charge is 0.329 e. The number of rotatable bonds is 8. The summed E-state index contributed by atoms with van der Waals surface area (Å²) in [5.74, 6) is -7.90. The minimum absolute atomic E-state index is 0.0132. The zero-order valence-electron chi connectivity index (χ0n) is 36.9. The lowest BCUT2D eigenvalue weighted by Crippen LogP contribution is -2.64. The minimum Gasteiger partial charge on any atom is -0.456 e. The number of cyclic esters (lactones) is 1. The van der Waals surface area contributed by atoms with Crippen molar-refractivity contribution in [1.82, 2.24) is 4.90 Å². The van der Waals surface area contributed by atoms with Gasteiger partial charge in [0.25, 0.3) is 11.7 Å². The summed E-state index contributed by atoms with van der Waals surface area (Å²) in [6, 6.07) is -1.10. The highest BCUT2D eigenvalue weighted by molar-refractivity contribution is 6.39. The summed E-state index contributed by atoms with van der Waals surface area (Å²) in [7, 11) is 2.91. The molecule has 13 heteroatoms. The summed E-state index contributed by atoms with van der Waals surface area (Å²) in [5, 5.41) is 23.0. The summed E-state index contributed by atoms with van der Waals surface area (Å²) >= 11 is 0. The SMILES string of the molecule is C/C=C/COC1CCC(C=C(C)C2OC(=O)C3CCCCN3C(=O)C(=O)C3(O)OC(C(OC)CC(C)C(F)/C(C)=C/C(CC)C(=O)CCC2C)C(OC)CC3C)CC1O. The van der Waals surface area contributed by atoms with Crippen molar-refractivity contribution in [3.8, 4) is 0 Å². The minimum atomic E-state index is -2.57. The quantitative estimate of drug-likeness (QED) is 0.159. The van der Waals surface area contributed by atoms with Crippen molar-refractivity contribution in [2.24, 2.45) is 29.6 Å². The van der Waals surface area contributed by atoms with Crippen LogP contribution in [0.15, 0.2) is 35.5 Å². The van der Waals surface area contributed by atoms with Gasteiger partial charge in [-0.15, -0.1) is 0 Å². The van der Waals surface area contributed by atoms with E-state index >= 15 is 4.39 Å². The van der Waals surface area contributed by atoms with Crippen molar-refractivity contribution in [1.29, 1.82) is 0 Å². The Hall–Kier alpha value is -2.81. The maximum Gasteiger partial charge on any atom is 0.329 e. The molecule has 3 fully saturated rings. The molecule has 12 nitrogen and oxygen atoms in total. The first-order valence-electron chi connectivity index (χ1n) is 22.0. The van der Waals surface area contributed by atoms with Crippen molar-refractivity contribution in [3.05, 3.63) is 35.5 Å². The van der Waals surface area contributed by atoms with E-state index in [1.807, 2.05) is 45.9 Å². The molecule has 59 heavy (non-hydrogen) atoms. The van der Waals surface area contributed by atoms with Gasteiger partial charge in [0.05, 0.1) is 31.0 Å². The number of Topliss-reactive ketones (excluding diaryl/α,β-unsaturated/α-hetero) is 2. The molecule has 2 N–H and O–H groups in total. The third kappa shape index (κ3) is 12.0. The van der Waals surface area contributed by atoms with Gasteiger partial charge in [-0.05, 0) is 114 Å². The molecule has 4 aliphatic rings. The maximum atomic E-state index is 16.2. The van der Waals surface area contributed by atoms with Crippen molar-refractivity contribution < 1.29 is 57.5 Å². The van der Waals surface area contributed by atoms with Gasteiger partial charge in [-0.3, -0.25) is 14.4 Å². The highest BCUT2D eigenvalue weighted by Crippen LogP contribution is 2.39. The van der Waals surface area contributed by atoms with E-state index in [0.717, 1.165) is 12.0 Å². The van der Waals surface area contributed by atoms with E-state index in [0.29, 0.717) is 50.7 Å². The molecule has 1 amide bonds. The number of ether oxygens (including phenoxy) is 5. The Morgan fingerprint density at radius 1 is 0.983 bits per heavy atom. The number of allylic oxidation sites excluding steroid dienone is 4. The third-order valence-electron chi connectivity index (χ3n) is 13.3. The van der Waals surface area contributed by atoms with Gasteiger partial charge in [0.15, 0.2) is 0 Å². The Morgan fingerprint density at radius 2 is 1.68 bits per heavy atom. The maximum absolute atomic E-state index is 16.2. The van der Waals surface area contributed by atoms with Crippen LogP contribution in [-0.4, -0.2) is 121 Å². The Kier molecular flexibility index (Phi) is 18.5. The molecular weight excluding hydrogens is 761 g/mol. The van der Waals surface area contributed by atoms with Crippen LogP contribution < -0.4 is 0 Å². The highest BCUT2D eigenvalue weighted by atomic mass is 19.1. The van der Waals surface area contributed by atoms with Gasteiger partial charge in [-0.25, -0.2) is 9.18 Å². The second-order valence-corrected chi connectivity index (χ2v) is 17.7. The highest BCUT2D eigenvalue weighted by Gasteiger charge is 2.56. The monoisotopic (exact) mass is 834 g/mol. The van der Waals surface area contributed by atoms with Crippen LogP contribution in [0.4, 0.5) is 4.39 Å². The number of halogens is 1. The van der Waals surface area contributed by atoms with E-state index in [9.17, 15) is 29.4 Å². The van der Waals surface area contributed by atoms with E-state index in [1.54, 1.807) is 26.8 Å². The van der Waals surface area contributed by atoms with Crippen LogP contribution in [-0.2, 0) is 42.9 Å². The van der Waals surface area contributed by atoms with Gasteiger partial charge in [0.2, 0.25) is 5.79 Å². The molecule has 0 spiro atoms. The van der Waals surface area contributed by atoms with E-state index in [2.05, 4.69) is 0 Å². The second-order valence-electron chi connectivity index (χ2n) is 17.7. The number of esters is 1. The number of alkyl halides is 1. The van der Waals surface area contributed by atoms with E-state index in [1.165, 1.54) is 19.1 Å². The van der Waals surface area contributed by atoms with E-state index < -0.39 is 83.9 Å². The van der Waals surface area contributed by atoms with Gasteiger partial charge >= 0.3 is 5.97 Å². The lowest BCUT2D eigenvalue weighted by molar-refractivity contribution is -0.302. The Bertz CT molecular complexity index is 1530.